The van der Waals surface area contributed by atoms with Gasteiger partial charge in [-0.3, -0.25) is 0 Å². The summed E-state index contributed by atoms with van der Waals surface area (Å²) in [6.07, 6.45) is 0.532. The molecule has 0 fully saturated rings. The molecule has 0 bridgehead atoms. The number of carbonyl (C=O) groups excluding carboxylic acids is 1. The third-order valence-electron chi connectivity index (χ3n) is 4.40. The van der Waals surface area contributed by atoms with Gasteiger partial charge in [0.1, 0.15) is 30.5 Å². The fourth-order valence-corrected chi connectivity index (χ4v) is 3.02. The first-order chi connectivity index (χ1) is 14.1. The molecule has 3 rings (SSSR count). The average Bonchev–Trinajstić information content (AvgIpc) is 2.76. The van der Waals surface area contributed by atoms with E-state index in [0.717, 1.165) is 33.9 Å². The summed E-state index contributed by atoms with van der Waals surface area (Å²) in [6, 6.07) is 19.1. The predicted octanol–water partition coefficient (Wildman–Crippen LogP) is 4.71. The van der Waals surface area contributed by atoms with E-state index >= 15 is 0 Å². The average molecular weight is 392 g/mol. The van der Waals surface area contributed by atoms with Gasteiger partial charge in [0, 0.05) is 16.8 Å². The van der Waals surface area contributed by atoms with E-state index < -0.39 is 12.1 Å². The summed E-state index contributed by atoms with van der Waals surface area (Å²) in [5, 5.41) is 1.89. The van der Waals surface area contributed by atoms with E-state index in [1.165, 1.54) is 0 Å². The van der Waals surface area contributed by atoms with Gasteiger partial charge in [0.15, 0.2) is 6.10 Å². The summed E-state index contributed by atoms with van der Waals surface area (Å²) in [5.74, 6) is 1.68. The normalized spacial score (nSPS) is 11.5. The summed E-state index contributed by atoms with van der Waals surface area (Å²) in [5.41, 5.74) is 0.929. The quantitative estimate of drug-likeness (QED) is 0.390. The van der Waals surface area contributed by atoms with Crippen LogP contribution in [-0.2, 0) is 9.53 Å². The van der Waals surface area contributed by atoms with Gasteiger partial charge in [0.05, 0.1) is 7.11 Å². The predicted molar refractivity (Wildman–Crippen MR) is 113 cm³/mol. The van der Waals surface area contributed by atoms with Gasteiger partial charge in [0.25, 0.3) is 0 Å². The maximum atomic E-state index is 11.7. The first-order valence-electron chi connectivity index (χ1n) is 9.32. The van der Waals surface area contributed by atoms with Crippen LogP contribution in [0.3, 0.4) is 0 Å². The summed E-state index contributed by atoms with van der Waals surface area (Å²) in [6.45, 7) is 5.71. The van der Waals surface area contributed by atoms with Crippen molar-refractivity contribution in [2.75, 3.05) is 20.3 Å². The molecule has 29 heavy (non-hydrogen) atoms. The highest BCUT2D eigenvalue weighted by Gasteiger charge is 2.18. The largest absolute Gasteiger partial charge is 0.496 e. The summed E-state index contributed by atoms with van der Waals surface area (Å²) >= 11 is 0. The zero-order chi connectivity index (χ0) is 20.6. The van der Waals surface area contributed by atoms with Gasteiger partial charge >= 0.3 is 5.97 Å². The van der Waals surface area contributed by atoms with E-state index in [2.05, 4.69) is 6.58 Å². The molecule has 5 nitrogen and oxygen atoms in total. The van der Waals surface area contributed by atoms with Gasteiger partial charge in [-0.2, -0.15) is 0 Å². The maximum Gasteiger partial charge on any atom is 0.330 e. The van der Waals surface area contributed by atoms with Crippen LogP contribution in [0.2, 0.25) is 0 Å². The number of methoxy groups -OCH3 is 1. The minimum absolute atomic E-state index is 0.142. The van der Waals surface area contributed by atoms with Crippen molar-refractivity contribution in [3.05, 3.63) is 78.9 Å². The number of fused-ring (bicyclic) bond motifs is 1. The molecule has 0 aliphatic heterocycles. The third kappa shape index (κ3) is 5.08. The second-order valence-electron chi connectivity index (χ2n) is 6.47. The van der Waals surface area contributed by atoms with Crippen LogP contribution in [0, 0.1) is 6.92 Å². The topological polar surface area (TPSA) is 54.0 Å². The van der Waals surface area contributed by atoms with Crippen LogP contribution in [-0.4, -0.2) is 32.4 Å². The van der Waals surface area contributed by atoms with Gasteiger partial charge in [-0.1, -0.05) is 49.0 Å². The molecule has 0 aromatic heterocycles. The number of esters is 1. The molecule has 1 atom stereocenters. The van der Waals surface area contributed by atoms with Gasteiger partial charge in [-0.05, 0) is 30.7 Å². The van der Waals surface area contributed by atoms with E-state index in [0.29, 0.717) is 5.75 Å². The van der Waals surface area contributed by atoms with E-state index in [4.69, 9.17) is 18.9 Å². The van der Waals surface area contributed by atoms with E-state index in [1.807, 2.05) is 67.6 Å². The number of carbonyl (C=O) groups is 1. The van der Waals surface area contributed by atoms with Gasteiger partial charge < -0.3 is 18.9 Å². The fourth-order valence-electron chi connectivity index (χ4n) is 3.02. The van der Waals surface area contributed by atoms with E-state index in [1.54, 1.807) is 7.11 Å². The zero-order valence-electron chi connectivity index (χ0n) is 16.6. The Morgan fingerprint density at radius 3 is 2.34 bits per heavy atom. The van der Waals surface area contributed by atoms with Crippen molar-refractivity contribution in [2.24, 2.45) is 0 Å². The maximum absolute atomic E-state index is 11.7. The molecule has 0 spiro atoms. The van der Waals surface area contributed by atoms with Crippen LogP contribution in [0.1, 0.15) is 5.56 Å². The molecule has 0 amide bonds. The fraction of sp³-hybridized carbons (Fsp3) is 0.208. The van der Waals surface area contributed by atoms with Crippen molar-refractivity contribution in [1.29, 1.82) is 0 Å². The summed E-state index contributed by atoms with van der Waals surface area (Å²) in [7, 11) is 1.65. The highest BCUT2D eigenvalue weighted by atomic mass is 16.6. The van der Waals surface area contributed by atoms with Crippen molar-refractivity contribution in [1.82, 2.24) is 0 Å². The molecule has 0 saturated heterocycles. The third-order valence-corrected chi connectivity index (χ3v) is 4.40. The lowest BCUT2D eigenvalue weighted by Crippen LogP contribution is -2.30. The van der Waals surface area contributed by atoms with Crippen LogP contribution in [0.5, 0.6) is 17.2 Å². The lowest BCUT2D eigenvalue weighted by molar-refractivity contribution is -0.146. The molecule has 0 saturated carbocycles. The summed E-state index contributed by atoms with van der Waals surface area (Å²) in [4.78, 5) is 11.7. The lowest BCUT2D eigenvalue weighted by atomic mass is 10.0. The molecular formula is C24H24O5. The molecule has 1 unspecified atom stereocenters. The van der Waals surface area contributed by atoms with Crippen LogP contribution >= 0.6 is 0 Å². The number of benzene rings is 3. The molecule has 3 aromatic carbocycles. The van der Waals surface area contributed by atoms with E-state index in [9.17, 15) is 4.79 Å². The minimum Gasteiger partial charge on any atom is -0.496 e. The Hall–Kier alpha value is -3.47. The van der Waals surface area contributed by atoms with Crippen molar-refractivity contribution < 1.29 is 23.7 Å². The van der Waals surface area contributed by atoms with Crippen LogP contribution in [0.25, 0.3) is 10.8 Å². The molecule has 150 valence electrons. The number of aryl methyl sites for hydroxylation is 1. The molecule has 0 radical (unpaired) electrons. The van der Waals surface area contributed by atoms with Crippen LogP contribution in [0.4, 0.5) is 0 Å². The smallest absolute Gasteiger partial charge is 0.330 e. The monoisotopic (exact) mass is 392 g/mol. The first kappa shape index (κ1) is 20.3. The second-order valence-corrected chi connectivity index (χ2v) is 6.47. The number of hydrogen-bond donors (Lipinski definition) is 0. The first-order valence-corrected chi connectivity index (χ1v) is 9.32. The van der Waals surface area contributed by atoms with Gasteiger partial charge in [-0.25, -0.2) is 4.79 Å². The van der Waals surface area contributed by atoms with E-state index in [-0.39, 0.29) is 13.2 Å². The molecule has 3 aromatic rings. The Kier molecular flexibility index (Phi) is 6.74. The van der Waals surface area contributed by atoms with Crippen molar-refractivity contribution >= 4 is 16.7 Å². The van der Waals surface area contributed by atoms with Crippen molar-refractivity contribution in [2.45, 2.75) is 13.0 Å². The van der Waals surface area contributed by atoms with Crippen molar-refractivity contribution in [3.63, 3.8) is 0 Å². The molecular weight excluding hydrogens is 368 g/mol. The number of rotatable bonds is 9. The van der Waals surface area contributed by atoms with Crippen molar-refractivity contribution in [3.8, 4) is 17.2 Å². The molecule has 0 heterocycles. The van der Waals surface area contributed by atoms with Crippen LogP contribution < -0.4 is 14.2 Å². The Morgan fingerprint density at radius 1 is 1.00 bits per heavy atom. The highest BCUT2D eigenvalue weighted by molar-refractivity contribution is 5.94. The molecule has 0 N–H and O–H groups in total. The Bertz CT molecular complexity index is 981. The van der Waals surface area contributed by atoms with Gasteiger partial charge in [0.2, 0.25) is 0 Å². The summed E-state index contributed by atoms with van der Waals surface area (Å²) < 4.78 is 22.7. The highest BCUT2D eigenvalue weighted by Crippen LogP contribution is 2.36. The number of hydrogen-bond acceptors (Lipinski definition) is 5. The standard InChI is InChI=1S/C24H24O5/c1-4-23(25)29-19(15-27-18-10-6-5-7-11-18)16-28-24-17(2)14-22(26-3)20-12-8-9-13-21(20)24/h4-14,19H,1,15-16H2,2-3H3. The molecule has 0 aliphatic carbocycles. The Labute approximate surface area is 170 Å². The Morgan fingerprint density at radius 2 is 1.66 bits per heavy atom. The molecule has 0 aliphatic rings. The SMILES string of the molecule is C=CC(=O)OC(COc1ccccc1)COc1c(C)cc(OC)c2ccccc12. The lowest BCUT2D eigenvalue weighted by Gasteiger charge is -2.20. The molecule has 5 heteroatoms. The van der Waals surface area contributed by atoms with Crippen LogP contribution in [0.15, 0.2) is 73.3 Å². The van der Waals surface area contributed by atoms with Gasteiger partial charge in [-0.15, -0.1) is 0 Å². The zero-order valence-corrected chi connectivity index (χ0v) is 16.6. The Balaban J connectivity index is 1.78. The number of ether oxygens (including phenoxy) is 4. The minimum atomic E-state index is -0.596. The number of para-hydroxylation sites is 1. The second kappa shape index (κ2) is 9.64.